The number of carbonyl (C=O) groups is 1. The molecule has 0 fully saturated rings. The lowest BCUT2D eigenvalue weighted by Gasteiger charge is -2.12. The second-order valence-corrected chi connectivity index (χ2v) is 5.16. The number of hydrogen-bond acceptors (Lipinski definition) is 5. The van der Waals surface area contributed by atoms with Crippen LogP contribution in [0.25, 0.3) is 0 Å². The van der Waals surface area contributed by atoms with Gasteiger partial charge in [-0.15, -0.1) is 0 Å². The van der Waals surface area contributed by atoms with E-state index in [0.29, 0.717) is 28.4 Å². The number of carbonyl (C=O) groups excluding carboxylic acids is 1. The first-order valence-corrected chi connectivity index (χ1v) is 7.43. The minimum absolute atomic E-state index is 0.246. The van der Waals surface area contributed by atoms with E-state index < -0.39 is 0 Å². The van der Waals surface area contributed by atoms with Crippen molar-refractivity contribution in [2.45, 2.75) is 13.8 Å². The van der Waals surface area contributed by atoms with Gasteiger partial charge in [-0.25, -0.2) is 0 Å². The number of ether oxygens (including phenoxy) is 1. The summed E-state index contributed by atoms with van der Waals surface area (Å²) < 4.78 is 5.64. The molecule has 0 saturated carbocycles. The molecule has 0 atom stereocenters. The second-order valence-electron chi connectivity index (χ2n) is 5.16. The van der Waals surface area contributed by atoms with Gasteiger partial charge in [-0.3, -0.25) is 9.78 Å². The minimum Gasteiger partial charge on any atom is -0.424 e. The zero-order valence-corrected chi connectivity index (χ0v) is 13.4. The first-order valence-electron chi connectivity index (χ1n) is 7.43. The van der Waals surface area contributed by atoms with E-state index in [9.17, 15) is 4.79 Å². The summed E-state index contributed by atoms with van der Waals surface area (Å²) in [7, 11) is 0. The summed E-state index contributed by atoms with van der Waals surface area (Å²) in [6.07, 6.45) is 3.12. The van der Waals surface area contributed by atoms with Crippen LogP contribution < -0.4 is 10.1 Å². The summed E-state index contributed by atoms with van der Waals surface area (Å²) in [6.45, 7) is 3.59. The lowest BCUT2D eigenvalue weighted by Crippen LogP contribution is -2.15. The fourth-order valence-corrected chi connectivity index (χ4v) is 2.19. The van der Waals surface area contributed by atoms with Crippen molar-refractivity contribution in [3.63, 3.8) is 0 Å². The molecule has 3 rings (SSSR count). The molecule has 0 aliphatic carbocycles. The quantitative estimate of drug-likeness (QED) is 0.795. The van der Waals surface area contributed by atoms with E-state index in [1.807, 2.05) is 30.3 Å². The molecule has 1 N–H and O–H groups in total. The second kappa shape index (κ2) is 6.87. The van der Waals surface area contributed by atoms with Gasteiger partial charge in [0.15, 0.2) is 0 Å². The monoisotopic (exact) mass is 320 g/mol. The predicted molar refractivity (Wildman–Crippen MR) is 90.2 cm³/mol. The van der Waals surface area contributed by atoms with Crippen molar-refractivity contribution in [3.8, 4) is 11.8 Å². The number of hydrogen-bond donors (Lipinski definition) is 1. The lowest BCUT2D eigenvalue weighted by molar-refractivity contribution is 0.102. The number of pyridine rings is 1. The van der Waals surface area contributed by atoms with E-state index >= 15 is 0 Å². The van der Waals surface area contributed by atoms with E-state index in [4.69, 9.17) is 4.74 Å². The predicted octanol–water partition coefficient (Wildman–Crippen LogP) is 3.53. The van der Waals surface area contributed by atoms with E-state index in [1.165, 1.54) is 6.20 Å². The van der Waals surface area contributed by atoms with Crippen molar-refractivity contribution in [2.24, 2.45) is 0 Å². The van der Waals surface area contributed by atoms with Gasteiger partial charge >= 0.3 is 6.01 Å². The molecule has 2 aromatic heterocycles. The van der Waals surface area contributed by atoms with E-state index in [1.54, 1.807) is 32.2 Å². The number of aromatic nitrogens is 3. The molecule has 6 nitrogen and oxygen atoms in total. The van der Waals surface area contributed by atoms with Gasteiger partial charge in [0.1, 0.15) is 5.75 Å². The van der Waals surface area contributed by atoms with Crippen LogP contribution in [-0.4, -0.2) is 20.9 Å². The normalized spacial score (nSPS) is 10.2. The third kappa shape index (κ3) is 3.55. The highest BCUT2D eigenvalue weighted by Crippen LogP contribution is 2.23. The molecule has 0 bridgehead atoms. The van der Waals surface area contributed by atoms with Crippen LogP contribution in [0.1, 0.15) is 21.7 Å². The van der Waals surface area contributed by atoms with Gasteiger partial charge < -0.3 is 10.1 Å². The van der Waals surface area contributed by atoms with Crippen molar-refractivity contribution in [1.82, 2.24) is 15.0 Å². The van der Waals surface area contributed by atoms with Gasteiger partial charge in [0.25, 0.3) is 5.91 Å². The third-order valence-corrected chi connectivity index (χ3v) is 3.36. The van der Waals surface area contributed by atoms with E-state index in [-0.39, 0.29) is 11.9 Å². The van der Waals surface area contributed by atoms with Crippen molar-refractivity contribution in [3.05, 3.63) is 71.8 Å². The molecule has 120 valence electrons. The Labute approximate surface area is 139 Å². The average Bonchev–Trinajstić information content (AvgIpc) is 2.59. The summed E-state index contributed by atoms with van der Waals surface area (Å²) in [6, 6.07) is 13.0. The van der Waals surface area contributed by atoms with Crippen LogP contribution in [0.3, 0.4) is 0 Å². The van der Waals surface area contributed by atoms with Gasteiger partial charge in [-0.1, -0.05) is 18.2 Å². The number of rotatable bonds is 4. The van der Waals surface area contributed by atoms with Gasteiger partial charge in [0, 0.05) is 12.4 Å². The van der Waals surface area contributed by atoms with Crippen molar-refractivity contribution in [2.75, 3.05) is 5.32 Å². The summed E-state index contributed by atoms with van der Waals surface area (Å²) in [5.41, 5.74) is 2.31. The van der Waals surface area contributed by atoms with Crippen molar-refractivity contribution >= 4 is 11.6 Å². The smallest absolute Gasteiger partial charge is 0.322 e. The van der Waals surface area contributed by atoms with Crippen LogP contribution in [0.4, 0.5) is 5.69 Å². The molecule has 6 heteroatoms. The Hall–Kier alpha value is -3.28. The Kier molecular flexibility index (Phi) is 4.47. The summed E-state index contributed by atoms with van der Waals surface area (Å²) in [4.78, 5) is 24.8. The number of amides is 1. The Morgan fingerprint density at radius 3 is 2.33 bits per heavy atom. The molecule has 0 unspecified atom stereocenters. The topological polar surface area (TPSA) is 77.0 Å². The molecule has 0 saturated heterocycles. The van der Waals surface area contributed by atoms with E-state index in [0.717, 1.165) is 0 Å². The molecule has 24 heavy (non-hydrogen) atoms. The largest absolute Gasteiger partial charge is 0.424 e. The molecule has 0 spiro atoms. The van der Waals surface area contributed by atoms with Crippen LogP contribution in [0.2, 0.25) is 0 Å². The Balaban J connectivity index is 1.81. The maximum absolute atomic E-state index is 12.3. The van der Waals surface area contributed by atoms with Crippen LogP contribution in [-0.2, 0) is 0 Å². The molecular weight excluding hydrogens is 304 g/mol. The molecule has 1 aromatic carbocycles. The number of aryl methyl sites for hydroxylation is 2. The zero-order chi connectivity index (χ0) is 16.9. The summed E-state index contributed by atoms with van der Waals surface area (Å²) in [5.74, 6) is 0.401. The maximum atomic E-state index is 12.3. The standard InChI is InChI=1S/C18H16N4O2/c1-12-16(22-17(23)14-7-6-10-19-11-14)13(2)21-18(20-12)24-15-8-4-3-5-9-15/h3-11H,1-2H3,(H,22,23). The first-order chi connectivity index (χ1) is 11.6. The fourth-order valence-electron chi connectivity index (χ4n) is 2.19. The van der Waals surface area contributed by atoms with Crippen LogP contribution in [0.5, 0.6) is 11.8 Å². The molecule has 2 heterocycles. The first kappa shape index (κ1) is 15.6. The molecular formula is C18H16N4O2. The lowest BCUT2D eigenvalue weighted by atomic mass is 10.2. The fraction of sp³-hybridized carbons (Fsp3) is 0.111. The maximum Gasteiger partial charge on any atom is 0.322 e. The highest BCUT2D eigenvalue weighted by molar-refractivity contribution is 6.04. The molecule has 3 aromatic rings. The Bertz CT molecular complexity index is 828. The number of anilines is 1. The Morgan fingerprint density at radius 1 is 1.00 bits per heavy atom. The number of benzene rings is 1. The SMILES string of the molecule is Cc1nc(Oc2ccccc2)nc(C)c1NC(=O)c1cccnc1. The summed E-state index contributed by atoms with van der Waals surface area (Å²) >= 11 is 0. The number of nitrogens with zero attached hydrogens (tertiary/aromatic N) is 3. The van der Waals surface area contributed by atoms with Gasteiger partial charge in [0.2, 0.25) is 0 Å². The van der Waals surface area contributed by atoms with E-state index in [2.05, 4.69) is 20.3 Å². The van der Waals surface area contributed by atoms with Gasteiger partial charge in [0.05, 0.1) is 22.6 Å². The van der Waals surface area contributed by atoms with Crippen LogP contribution in [0.15, 0.2) is 54.9 Å². The van der Waals surface area contributed by atoms with Crippen molar-refractivity contribution in [1.29, 1.82) is 0 Å². The molecule has 0 aliphatic heterocycles. The van der Waals surface area contributed by atoms with Gasteiger partial charge in [-0.2, -0.15) is 9.97 Å². The Morgan fingerprint density at radius 2 is 1.71 bits per heavy atom. The average molecular weight is 320 g/mol. The third-order valence-electron chi connectivity index (χ3n) is 3.36. The molecule has 0 radical (unpaired) electrons. The van der Waals surface area contributed by atoms with Crippen LogP contribution in [0, 0.1) is 13.8 Å². The molecule has 0 aliphatic rings. The highest BCUT2D eigenvalue weighted by Gasteiger charge is 2.14. The number of para-hydroxylation sites is 1. The zero-order valence-electron chi connectivity index (χ0n) is 13.4. The van der Waals surface area contributed by atoms with Gasteiger partial charge in [-0.05, 0) is 38.1 Å². The molecule has 1 amide bonds. The van der Waals surface area contributed by atoms with Crippen molar-refractivity contribution < 1.29 is 9.53 Å². The van der Waals surface area contributed by atoms with Crippen LogP contribution >= 0.6 is 0 Å². The highest BCUT2D eigenvalue weighted by atomic mass is 16.5. The minimum atomic E-state index is -0.255. The summed E-state index contributed by atoms with van der Waals surface area (Å²) in [5, 5.41) is 2.83. The number of nitrogens with one attached hydrogen (secondary N) is 1.